The maximum atomic E-state index is 8.90. The number of methoxy groups -OCH3 is 1. The summed E-state index contributed by atoms with van der Waals surface area (Å²) in [5, 5.41) is 15.5. The number of guanidine groups is 1. The van der Waals surface area contributed by atoms with Gasteiger partial charge in [0, 0.05) is 19.2 Å². The van der Waals surface area contributed by atoms with Gasteiger partial charge in [-0.3, -0.25) is 0 Å². The quantitative estimate of drug-likeness (QED) is 0.384. The predicted octanol–water partition coefficient (Wildman–Crippen LogP) is 1.32. The van der Waals surface area contributed by atoms with Crippen molar-refractivity contribution in [1.29, 1.82) is 0 Å². The summed E-state index contributed by atoms with van der Waals surface area (Å²) in [5.74, 6) is 1.97. The molecule has 1 aliphatic heterocycles. The minimum Gasteiger partial charge on any atom is -0.493 e. The average Bonchev–Trinajstić information content (AvgIpc) is 3.23. The molecule has 1 aliphatic rings. The minimum absolute atomic E-state index is 0.0391. The largest absolute Gasteiger partial charge is 0.493 e. The van der Waals surface area contributed by atoms with Crippen LogP contribution in [0.5, 0.6) is 11.5 Å². The van der Waals surface area contributed by atoms with Crippen molar-refractivity contribution in [2.24, 2.45) is 4.99 Å². The molecule has 2 unspecified atom stereocenters. The van der Waals surface area contributed by atoms with E-state index in [0.29, 0.717) is 31.3 Å². The summed E-state index contributed by atoms with van der Waals surface area (Å²) in [6.45, 7) is 7.62. The summed E-state index contributed by atoms with van der Waals surface area (Å²) in [4.78, 5) is 4.65. The van der Waals surface area contributed by atoms with Gasteiger partial charge in [-0.15, -0.1) is 0 Å². The molecule has 1 aromatic rings. The van der Waals surface area contributed by atoms with E-state index in [-0.39, 0.29) is 25.4 Å². The van der Waals surface area contributed by atoms with E-state index >= 15 is 0 Å². The van der Waals surface area contributed by atoms with Crippen LogP contribution in [-0.2, 0) is 16.0 Å². The van der Waals surface area contributed by atoms with Crippen LogP contribution in [0.2, 0.25) is 0 Å². The Bertz CT molecular complexity index is 606. The molecule has 0 aromatic heterocycles. The molecule has 1 aromatic carbocycles. The molecule has 0 amide bonds. The number of hydrogen-bond donors (Lipinski definition) is 3. The molecule has 1 fully saturated rings. The standard InChI is InChI=1S/C20H33N3O5/c1-4-21-20(23-15(2)13-28-17-7-9-26-14-17)22-12-16-5-6-18(27-10-8-24)19(11-16)25-3/h5-6,11,15,17,24H,4,7-10,12-14H2,1-3H3,(H2,21,22,23). The van der Waals surface area contributed by atoms with E-state index in [2.05, 4.69) is 22.5 Å². The lowest BCUT2D eigenvalue weighted by Gasteiger charge is -2.19. The highest BCUT2D eigenvalue weighted by molar-refractivity contribution is 5.80. The van der Waals surface area contributed by atoms with Gasteiger partial charge in [0.05, 0.1) is 39.6 Å². The van der Waals surface area contributed by atoms with Crippen LogP contribution in [0.1, 0.15) is 25.8 Å². The van der Waals surface area contributed by atoms with Gasteiger partial charge < -0.3 is 34.7 Å². The summed E-state index contributed by atoms with van der Waals surface area (Å²) in [6, 6.07) is 5.79. The van der Waals surface area contributed by atoms with Crippen LogP contribution in [-0.4, -0.2) is 69.9 Å². The lowest BCUT2D eigenvalue weighted by molar-refractivity contribution is 0.0347. The highest BCUT2D eigenvalue weighted by Crippen LogP contribution is 2.28. The van der Waals surface area contributed by atoms with Crippen LogP contribution in [0.4, 0.5) is 0 Å². The van der Waals surface area contributed by atoms with E-state index in [1.807, 2.05) is 25.1 Å². The number of ether oxygens (including phenoxy) is 4. The first kappa shape index (κ1) is 22.3. The van der Waals surface area contributed by atoms with Crippen molar-refractivity contribution in [2.45, 2.75) is 39.0 Å². The van der Waals surface area contributed by atoms with Crippen molar-refractivity contribution >= 4 is 5.96 Å². The average molecular weight is 396 g/mol. The van der Waals surface area contributed by atoms with Gasteiger partial charge in [0.1, 0.15) is 6.61 Å². The number of aliphatic hydroxyl groups is 1. The highest BCUT2D eigenvalue weighted by Gasteiger charge is 2.17. The fraction of sp³-hybridized carbons (Fsp3) is 0.650. The number of hydrogen-bond acceptors (Lipinski definition) is 6. The van der Waals surface area contributed by atoms with Crippen LogP contribution < -0.4 is 20.1 Å². The van der Waals surface area contributed by atoms with Crippen LogP contribution in [0, 0.1) is 0 Å². The number of benzene rings is 1. The van der Waals surface area contributed by atoms with Crippen LogP contribution >= 0.6 is 0 Å². The summed E-state index contributed by atoms with van der Waals surface area (Å²) in [5.41, 5.74) is 0.998. The van der Waals surface area contributed by atoms with Gasteiger partial charge >= 0.3 is 0 Å². The molecule has 0 bridgehead atoms. The topological polar surface area (TPSA) is 93.6 Å². The first-order valence-corrected chi connectivity index (χ1v) is 9.81. The second-order valence-corrected chi connectivity index (χ2v) is 6.62. The van der Waals surface area contributed by atoms with Gasteiger partial charge in [0.25, 0.3) is 0 Å². The zero-order chi connectivity index (χ0) is 20.2. The highest BCUT2D eigenvalue weighted by atomic mass is 16.5. The molecule has 28 heavy (non-hydrogen) atoms. The lowest BCUT2D eigenvalue weighted by atomic mass is 10.2. The van der Waals surface area contributed by atoms with Gasteiger partial charge in [-0.25, -0.2) is 4.99 Å². The SMILES string of the molecule is CCNC(=NCc1ccc(OCCO)c(OC)c1)NC(C)COC1CCOC1. The Kier molecular flexibility index (Phi) is 9.88. The van der Waals surface area contributed by atoms with Crippen molar-refractivity contribution in [3.05, 3.63) is 23.8 Å². The van der Waals surface area contributed by atoms with Crippen molar-refractivity contribution in [3.63, 3.8) is 0 Å². The molecule has 2 rings (SSSR count). The molecule has 1 saturated heterocycles. The number of aliphatic hydroxyl groups excluding tert-OH is 1. The molecule has 0 aliphatic carbocycles. The van der Waals surface area contributed by atoms with E-state index in [9.17, 15) is 0 Å². The van der Waals surface area contributed by atoms with Gasteiger partial charge in [0.15, 0.2) is 17.5 Å². The van der Waals surface area contributed by atoms with Crippen molar-refractivity contribution in [1.82, 2.24) is 10.6 Å². The number of aliphatic imine (C=N–C) groups is 1. The number of nitrogens with one attached hydrogen (secondary N) is 2. The first-order chi connectivity index (χ1) is 13.7. The van der Waals surface area contributed by atoms with Gasteiger partial charge in [0.2, 0.25) is 0 Å². The Morgan fingerprint density at radius 3 is 2.93 bits per heavy atom. The summed E-state index contributed by atoms with van der Waals surface area (Å²) in [7, 11) is 1.59. The zero-order valence-corrected chi connectivity index (χ0v) is 17.1. The van der Waals surface area contributed by atoms with Crippen LogP contribution in [0.15, 0.2) is 23.2 Å². The second kappa shape index (κ2) is 12.4. The summed E-state index contributed by atoms with van der Waals surface area (Å²) < 4.78 is 22.0. The van der Waals surface area contributed by atoms with E-state index in [0.717, 1.165) is 31.1 Å². The molecule has 1 heterocycles. The molecular formula is C20H33N3O5. The third-order valence-corrected chi connectivity index (χ3v) is 4.19. The predicted molar refractivity (Wildman–Crippen MR) is 108 cm³/mol. The Labute approximate surface area is 167 Å². The third kappa shape index (κ3) is 7.53. The van der Waals surface area contributed by atoms with Gasteiger partial charge in [-0.2, -0.15) is 0 Å². The Morgan fingerprint density at radius 1 is 1.39 bits per heavy atom. The van der Waals surface area contributed by atoms with Crippen LogP contribution in [0.25, 0.3) is 0 Å². The maximum Gasteiger partial charge on any atom is 0.191 e. The molecule has 2 atom stereocenters. The lowest BCUT2D eigenvalue weighted by Crippen LogP contribution is -2.44. The maximum absolute atomic E-state index is 8.90. The fourth-order valence-electron chi connectivity index (χ4n) is 2.78. The van der Waals surface area contributed by atoms with E-state index in [1.165, 1.54) is 0 Å². The molecule has 8 nitrogen and oxygen atoms in total. The Balaban J connectivity index is 1.91. The van der Waals surface area contributed by atoms with Crippen molar-refractivity contribution < 1.29 is 24.1 Å². The molecular weight excluding hydrogens is 362 g/mol. The number of rotatable bonds is 11. The van der Waals surface area contributed by atoms with E-state index in [1.54, 1.807) is 7.11 Å². The van der Waals surface area contributed by atoms with E-state index < -0.39 is 0 Å². The summed E-state index contributed by atoms with van der Waals surface area (Å²) >= 11 is 0. The molecule has 8 heteroatoms. The second-order valence-electron chi connectivity index (χ2n) is 6.62. The monoisotopic (exact) mass is 395 g/mol. The molecule has 158 valence electrons. The smallest absolute Gasteiger partial charge is 0.191 e. The Morgan fingerprint density at radius 2 is 2.25 bits per heavy atom. The first-order valence-electron chi connectivity index (χ1n) is 9.81. The van der Waals surface area contributed by atoms with Gasteiger partial charge in [-0.05, 0) is 38.0 Å². The zero-order valence-electron chi connectivity index (χ0n) is 17.1. The number of nitrogens with zero attached hydrogens (tertiary/aromatic N) is 1. The van der Waals surface area contributed by atoms with Crippen molar-refractivity contribution in [3.8, 4) is 11.5 Å². The normalized spacial score (nSPS) is 18.0. The molecule has 0 radical (unpaired) electrons. The third-order valence-electron chi connectivity index (χ3n) is 4.19. The molecule has 0 saturated carbocycles. The van der Waals surface area contributed by atoms with Crippen molar-refractivity contribution in [2.75, 3.05) is 46.7 Å². The minimum atomic E-state index is -0.0391. The fourth-order valence-corrected chi connectivity index (χ4v) is 2.78. The Hall–Kier alpha value is -2.03. The van der Waals surface area contributed by atoms with Crippen LogP contribution in [0.3, 0.4) is 0 Å². The van der Waals surface area contributed by atoms with E-state index in [4.69, 9.17) is 24.1 Å². The molecule has 0 spiro atoms. The van der Waals surface area contributed by atoms with Gasteiger partial charge in [-0.1, -0.05) is 6.07 Å². The summed E-state index contributed by atoms with van der Waals surface area (Å²) in [6.07, 6.45) is 1.16. The molecule has 3 N–H and O–H groups in total.